The summed E-state index contributed by atoms with van der Waals surface area (Å²) in [6.45, 7) is 4.05. The standard InChI is InChI=1S/C11H11N2.CH3.U/c1-9-4-3-5-11(6-9)13-7-10(2)12-8-13;;/h3-4,6-8H,1-2H3;1H3;/q2*-1;+2. The molecule has 0 bridgehead atoms. The Kier molecular flexibility index (Phi) is 5.94. The Morgan fingerprint density at radius 2 is 2.07 bits per heavy atom. The van der Waals surface area contributed by atoms with Crippen LogP contribution in [-0.4, -0.2) is 9.55 Å². The fraction of sp³-hybridized carbons (Fsp3) is 0.167. The molecule has 0 spiro atoms. The van der Waals surface area contributed by atoms with Crippen molar-refractivity contribution in [2.45, 2.75) is 13.8 Å². The van der Waals surface area contributed by atoms with Crippen LogP contribution in [-0.2, 0) is 0 Å². The van der Waals surface area contributed by atoms with Gasteiger partial charge in [0, 0.05) is 6.20 Å². The van der Waals surface area contributed by atoms with Crippen molar-refractivity contribution in [1.29, 1.82) is 0 Å². The van der Waals surface area contributed by atoms with Gasteiger partial charge >= 0.3 is 31.1 Å². The maximum atomic E-state index is 4.17. The third-order valence-electron chi connectivity index (χ3n) is 1.93. The summed E-state index contributed by atoms with van der Waals surface area (Å²) in [6.07, 6.45) is 3.80. The molecule has 3 heteroatoms. The molecule has 0 N–H and O–H groups in total. The third-order valence-corrected chi connectivity index (χ3v) is 1.93. The Bertz CT molecular complexity index is 421. The van der Waals surface area contributed by atoms with Crippen LogP contribution in [0.25, 0.3) is 5.69 Å². The second-order valence-electron chi connectivity index (χ2n) is 3.17. The number of aromatic nitrogens is 2. The predicted octanol–water partition coefficient (Wildman–Crippen LogP) is 2.74. The summed E-state index contributed by atoms with van der Waals surface area (Å²) in [5.74, 6) is 0. The maximum absolute atomic E-state index is 4.17. The molecule has 2 aromatic rings. The first-order chi connectivity index (χ1) is 6.25. The minimum Gasteiger partial charge on any atom is -0.358 e. The number of aryl methyl sites for hydroxylation is 2. The fourth-order valence-electron chi connectivity index (χ4n) is 1.27. The molecule has 15 heavy (non-hydrogen) atoms. The van der Waals surface area contributed by atoms with E-state index >= 15 is 0 Å². The van der Waals surface area contributed by atoms with Gasteiger partial charge in [-0.05, 0) is 6.92 Å². The smallest absolute Gasteiger partial charge is 0.358 e. The Morgan fingerprint density at radius 3 is 2.60 bits per heavy atom. The van der Waals surface area contributed by atoms with E-state index < -0.39 is 0 Å². The van der Waals surface area contributed by atoms with Crippen molar-refractivity contribution in [3.63, 3.8) is 0 Å². The van der Waals surface area contributed by atoms with Crippen LogP contribution in [0.3, 0.4) is 0 Å². The summed E-state index contributed by atoms with van der Waals surface area (Å²) >= 11 is 0. The van der Waals surface area contributed by atoms with E-state index in [4.69, 9.17) is 0 Å². The largest absolute Gasteiger partial charge is 2.00 e. The molecule has 2 nitrogen and oxygen atoms in total. The molecule has 0 fully saturated rings. The SMILES string of the molecule is Cc1cc[c-]c(-n2cnc(C)c2)c1.[CH3-].[U+2]. The van der Waals surface area contributed by atoms with E-state index in [-0.39, 0.29) is 38.5 Å². The number of benzene rings is 1. The van der Waals surface area contributed by atoms with Gasteiger partial charge in [0.25, 0.3) is 0 Å². The molecule has 0 saturated carbocycles. The first-order valence-corrected chi connectivity index (χ1v) is 4.25. The Labute approximate surface area is 115 Å². The van der Waals surface area contributed by atoms with Crippen molar-refractivity contribution < 1.29 is 31.1 Å². The van der Waals surface area contributed by atoms with Crippen LogP contribution in [0.1, 0.15) is 11.3 Å². The van der Waals surface area contributed by atoms with Gasteiger partial charge in [-0.1, -0.05) is 12.6 Å². The molecule has 0 amide bonds. The van der Waals surface area contributed by atoms with Gasteiger partial charge in [0.2, 0.25) is 0 Å². The Morgan fingerprint density at radius 1 is 1.33 bits per heavy atom. The summed E-state index contributed by atoms with van der Waals surface area (Å²) < 4.78 is 1.97. The van der Waals surface area contributed by atoms with Crippen LogP contribution in [0, 0.1) is 58.5 Å². The van der Waals surface area contributed by atoms with Crippen LogP contribution >= 0.6 is 0 Å². The normalized spacial score (nSPS) is 8.93. The summed E-state index contributed by atoms with van der Waals surface area (Å²) in [6, 6.07) is 9.21. The predicted molar refractivity (Wildman–Crippen MR) is 58.3 cm³/mol. The average molecular weight is 424 g/mol. The first kappa shape index (κ1) is 14.5. The van der Waals surface area contributed by atoms with Gasteiger partial charge in [-0.25, -0.2) is 4.98 Å². The monoisotopic (exact) mass is 424 g/mol. The first-order valence-electron chi connectivity index (χ1n) is 4.25. The summed E-state index contributed by atoms with van der Waals surface area (Å²) in [5.41, 5.74) is 3.30. The summed E-state index contributed by atoms with van der Waals surface area (Å²) in [4.78, 5) is 4.17. The van der Waals surface area contributed by atoms with E-state index in [2.05, 4.69) is 24.0 Å². The zero-order chi connectivity index (χ0) is 9.26. The number of hydrogen-bond donors (Lipinski definition) is 0. The maximum Gasteiger partial charge on any atom is 2.00 e. The zero-order valence-electron chi connectivity index (χ0n) is 9.28. The minimum atomic E-state index is 0. The molecular weight excluding hydrogens is 410 g/mol. The van der Waals surface area contributed by atoms with E-state index in [1.165, 1.54) is 5.56 Å². The van der Waals surface area contributed by atoms with Gasteiger partial charge in [0.15, 0.2) is 0 Å². The van der Waals surface area contributed by atoms with Crippen molar-refractivity contribution >= 4 is 0 Å². The molecular formula is C12H14N2U. The number of hydrogen-bond acceptors (Lipinski definition) is 1. The molecule has 0 aliphatic rings. The Balaban J connectivity index is 0.000000980. The molecule has 76 valence electrons. The number of rotatable bonds is 1. The quantitative estimate of drug-likeness (QED) is 0.644. The molecule has 0 aliphatic heterocycles. The average Bonchev–Trinajstić information content (AvgIpc) is 2.52. The summed E-state index contributed by atoms with van der Waals surface area (Å²) in [5, 5.41) is 0. The third kappa shape index (κ3) is 3.52. The van der Waals surface area contributed by atoms with Crippen molar-refractivity contribution in [1.82, 2.24) is 9.55 Å². The van der Waals surface area contributed by atoms with Gasteiger partial charge in [0.05, 0.1) is 12.0 Å². The minimum absolute atomic E-state index is 0. The molecule has 0 aliphatic carbocycles. The van der Waals surface area contributed by atoms with Crippen LogP contribution in [0.2, 0.25) is 0 Å². The van der Waals surface area contributed by atoms with Gasteiger partial charge in [0.1, 0.15) is 0 Å². The molecule has 0 atom stereocenters. The van der Waals surface area contributed by atoms with Crippen molar-refractivity contribution in [2.75, 3.05) is 0 Å². The van der Waals surface area contributed by atoms with E-state index in [1.807, 2.05) is 29.8 Å². The van der Waals surface area contributed by atoms with E-state index in [9.17, 15) is 0 Å². The van der Waals surface area contributed by atoms with Gasteiger partial charge in [-0.2, -0.15) is 23.8 Å². The summed E-state index contributed by atoms with van der Waals surface area (Å²) in [7, 11) is 0. The molecule has 2 rings (SSSR count). The van der Waals surface area contributed by atoms with Crippen LogP contribution in [0.4, 0.5) is 0 Å². The fourth-order valence-corrected chi connectivity index (χ4v) is 1.27. The molecule has 1 aromatic heterocycles. The van der Waals surface area contributed by atoms with E-state index in [0.29, 0.717) is 0 Å². The molecule has 0 saturated heterocycles. The van der Waals surface area contributed by atoms with Gasteiger partial charge in [-0.3, -0.25) is 0 Å². The van der Waals surface area contributed by atoms with Crippen LogP contribution < -0.4 is 0 Å². The van der Waals surface area contributed by atoms with Crippen molar-refractivity contribution in [2.24, 2.45) is 0 Å². The van der Waals surface area contributed by atoms with Gasteiger partial charge < -0.3 is 12.0 Å². The molecule has 0 radical (unpaired) electrons. The number of nitrogens with zero attached hydrogens (tertiary/aromatic N) is 2. The zero-order valence-corrected chi connectivity index (χ0v) is 13.4. The second kappa shape index (κ2) is 6.15. The molecule has 1 aromatic carbocycles. The topological polar surface area (TPSA) is 17.8 Å². The van der Waals surface area contributed by atoms with E-state index in [0.717, 1.165) is 11.4 Å². The number of imidazole rings is 1. The van der Waals surface area contributed by atoms with Crippen LogP contribution in [0.15, 0.2) is 30.7 Å². The van der Waals surface area contributed by atoms with Gasteiger partial charge in [-0.15, -0.1) is 6.07 Å². The second-order valence-corrected chi connectivity index (χ2v) is 3.17. The Hall–Kier alpha value is -0.518. The molecule has 1 heterocycles. The van der Waals surface area contributed by atoms with E-state index in [1.54, 1.807) is 6.33 Å². The van der Waals surface area contributed by atoms with Crippen molar-refractivity contribution in [3.8, 4) is 5.69 Å². The molecule has 0 unspecified atom stereocenters. The van der Waals surface area contributed by atoms with Crippen LogP contribution in [0.5, 0.6) is 0 Å². The van der Waals surface area contributed by atoms with Crippen molar-refractivity contribution in [3.05, 3.63) is 55.5 Å².